The third kappa shape index (κ3) is 3.51. The van der Waals surface area contributed by atoms with E-state index in [-0.39, 0.29) is 5.69 Å². The molecular weight excluding hydrogens is 336 g/mol. The number of rotatable bonds is 5. The van der Waals surface area contributed by atoms with E-state index >= 15 is 0 Å². The van der Waals surface area contributed by atoms with Gasteiger partial charge in [-0.25, -0.2) is 0 Å². The Bertz CT molecular complexity index is 814. The Labute approximate surface area is 140 Å². The molecule has 1 N–H and O–H groups in total. The van der Waals surface area contributed by atoms with E-state index in [2.05, 4.69) is 20.7 Å². The molecule has 0 saturated carbocycles. The normalized spacial score (nSPS) is 10.5. The topological polar surface area (TPSA) is 90.1 Å². The van der Waals surface area contributed by atoms with Gasteiger partial charge in [0.2, 0.25) is 5.13 Å². The highest BCUT2D eigenvalue weighted by atomic mass is 32.2. The van der Waals surface area contributed by atoms with Crippen LogP contribution in [-0.4, -0.2) is 34.6 Å². The Morgan fingerprint density at radius 2 is 2.09 bits per heavy atom. The van der Waals surface area contributed by atoms with E-state index in [1.807, 2.05) is 30.5 Å². The maximum Gasteiger partial charge on any atom is 0.279 e. The minimum Gasteiger partial charge on any atom is -0.497 e. The van der Waals surface area contributed by atoms with Crippen molar-refractivity contribution in [2.75, 3.05) is 18.7 Å². The van der Waals surface area contributed by atoms with Crippen molar-refractivity contribution in [3.63, 3.8) is 0 Å². The van der Waals surface area contributed by atoms with Crippen LogP contribution in [0.2, 0.25) is 0 Å². The molecule has 1 amide bonds. The van der Waals surface area contributed by atoms with Crippen molar-refractivity contribution in [3.05, 3.63) is 36.0 Å². The molecule has 0 atom stereocenters. The molecule has 0 fully saturated rings. The van der Waals surface area contributed by atoms with Gasteiger partial charge < -0.3 is 9.26 Å². The van der Waals surface area contributed by atoms with Gasteiger partial charge in [0.25, 0.3) is 5.91 Å². The molecule has 9 heteroatoms. The summed E-state index contributed by atoms with van der Waals surface area (Å²) in [5, 5.41) is 14.7. The molecule has 0 bridgehead atoms. The molecule has 0 aliphatic heterocycles. The highest BCUT2D eigenvalue weighted by molar-refractivity contribution is 8.00. The number of hydrogen-bond acceptors (Lipinski definition) is 8. The van der Waals surface area contributed by atoms with E-state index in [0.717, 1.165) is 15.7 Å². The summed E-state index contributed by atoms with van der Waals surface area (Å²) in [5.74, 6) is 0.851. The summed E-state index contributed by atoms with van der Waals surface area (Å²) in [6.07, 6.45) is 1.89. The van der Waals surface area contributed by atoms with E-state index < -0.39 is 5.91 Å². The van der Waals surface area contributed by atoms with E-state index in [1.165, 1.54) is 23.1 Å². The van der Waals surface area contributed by atoms with Gasteiger partial charge in [0.05, 0.1) is 7.11 Å². The molecule has 23 heavy (non-hydrogen) atoms. The minimum absolute atomic E-state index is 0.178. The van der Waals surface area contributed by atoms with E-state index in [0.29, 0.717) is 10.9 Å². The molecule has 7 nitrogen and oxygen atoms in total. The maximum absolute atomic E-state index is 12.1. The van der Waals surface area contributed by atoms with Crippen molar-refractivity contribution in [1.29, 1.82) is 0 Å². The smallest absolute Gasteiger partial charge is 0.279 e. The zero-order valence-corrected chi connectivity index (χ0v) is 13.9. The van der Waals surface area contributed by atoms with Crippen LogP contribution in [0.1, 0.15) is 10.5 Å². The monoisotopic (exact) mass is 348 g/mol. The van der Waals surface area contributed by atoms with Gasteiger partial charge in [-0.2, -0.15) is 0 Å². The Balaban J connectivity index is 1.73. The van der Waals surface area contributed by atoms with Crippen LogP contribution < -0.4 is 10.1 Å². The third-order valence-corrected chi connectivity index (χ3v) is 4.73. The van der Waals surface area contributed by atoms with Gasteiger partial charge in [0.1, 0.15) is 5.75 Å². The number of aromatic nitrogens is 3. The fourth-order valence-electron chi connectivity index (χ4n) is 1.78. The average Bonchev–Trinajstić information content (AvgIpc) is 3.24. The number of ether oxygens (including phenoxy) is 1. The Kier molecular flexibility index (Phi) is 4.58. The molecule has 0 aliphatic carbocycles. The Morgan fingerprint density at radius 1 is 1.30 bits per heavy atom. The van der Waals surface area contributed by atoms with Crippen LogP contribution >= 0.6 is 23.1 Å². The van der Waals surface area contributed by atoms with Crippen molar-refractivity contribution in [2.24, 2.45) is 0 Å². The molecule has 2 aromatic heterocycles. The fourth-order valence-corrected chi connectivity index (χ4v) is 2.94. The molecule has 3 rings (SSSR count). The zero-order chi connectivity index (χ0) is 16.2. The summed E-state index contributed by atoms with van der Waals surface area (Å²) >= 11 is 2.77. The first-order valence-electron chi connectivity index (χ1n) is 6.49. The average molecular weight is 348 g/mol. The van der Waals surface area contributed by atoms with Crippen molar-refractivity contribution >= 4 is 34.1 Å². The SMILES string of the molecule is COc1ccc(-c2cc(C(=O)Nc3nnc(SC)s3)no2)cc1. The van der Waals surface area contributed by atoms with Gasteiger partial charge >= 0.3 is 0 Å². The summed E-state index contributed by atoms with van der Waals surface area (Å²) in [4.78, 5) is 12.1. The van der Waals surface area contributed by atoms with Crippen LogP contribution in [-0.2, 0) is 0 Å². The standard InChI is InChI=1S/C14H12N4O3S2/c1-20-9-5-3-8(4-6-9)11-7-10(18-21-11)12(19)15-13-16-17-14(22-2)23-13/h3-7H,1-2H3,(H,15,16,19). The van der Waals surface area contributed by atoms with Gasteiger partial charge in [0.15, 0.2) is 15.8 Å². The number of anilines is 1. The lowest BCUT2D eigenvalue weighted by Gasteiger charge is -1.99. The molecule has 0 aliphatic rings. The van der Waals surface area contributed by atoms with Gasteiger partial charge in [0, 0.05) is 11.6 Å². The van der Waals surface area contributed by atoms with Crippen LogP contribution in [0.25, 0.3) is 11.3 Å². The summed E-state index contributed by atoms with van der Waals surface area (Å²) < 4.78 is 11.1. The molecule has 3 aromatic rings. The predicted octanol–water partition coefficient (Wildman–Crippen LogP) is 3.18. The first-order valence-corrected chi connectivity index (χ1v) is 8.53. The molecule has 0 spiro atoms. The number of amides is 1. The first kappa shape index (κ1) is 15.5. The lowest BCUT2D eigenvalue weighted by Crippen LogP contribution is -2.11. The summed E-state index contributed by atoms with van der Waals surface area (Å²) in [7, 11) is 1.60. The number of nitrogens with one attached hydrogen (secondary N) is 1. The fraction of sp³-hybridized carbons (Fsp3) is 0.143. The van der Waals surface area contributed by atoms with Gasteiger partial charge in [-0.15, -0.1) is 10.2 Å². The highest BCUT2D eigenvalue weighted by Gasteiger charge is 2.16. The minimum atomic E-state index is -0.391. The number of hydrogen-bond donors (Lipinski definition) is 1. The van der Waals surface area contributed by atoms with Crippen LogP contribution in [0.5, 0.6) is 5.75 Å². The van der Waals surface area contributed by atoms with Crippen molar-refractivity contribution in [2.45, 2.75) is 4.34 Å². The molecule has 2 heterocycles. The second-order valence-corrected chi connectivity index (χ2v) is 6.37. The van der Waals surface area contributed by atoms with Crippen molar-refractivity contribution in [1.82, 2.24) is 15.4 Å². The Morgan fingerprint density at radius 3 is 2.74 bits per heavy atom. The van der Waals surface area contributed by atoms with Gasteiger partial charge in [-0.3, -0.25) is 10.1 Å². The maximum atomic E-state index is 12.1. The summed E-state index contributed by atoms with van der Waals surface area (Å²) in [6, 6.07) is 8.85. The van der Waals surface area contributed by atoms with Crippen molar-refractivity contribution < 1.29 is 14.1 Å². The lowest BCUT2D eigenvalue weighted by atomic mass is 10.1. The van der Waals surface area contributed by atoms with E-state index in [1.54, 1.807) is 13.2 Å². The van der Waals surface area contributed by atoms with Gasteiger partial charge in [-0.1, -0.05) is 28.3 Å². The lowest BCUT2D eigenvalue weighted by molar-refractivity contribution is 0.101. The number of nitrogens with zero attached hydrogens (tertiary/aromatic N) is 3. The predicted molar refractivity (Wildman–Crippen MR) is 88.1 cm³/mol. The van der Waals surface area contributed by atoms with E-state index in [4.69, 9.17) is 9.26 Å². The summed E-state index contributed by atoms with van der Waals surface area (Å²) in [5.41, 5.74) is 0.981. The number of carbonyl (C=O) groups excluding carboxylic acids is 1. The third-order valence-electron chi connectivity index (χ3n) is 2.92. The second kappa shape index (κ2) is 6.80. The largest absolute Gasteiger partial charge is 0.497 e. The van der Waals surface area contributed by atoms with Crippen LogP contribution in [0, 0.1) is 0 Å². The highest BCUT2D eigenvalue weighted by Crippen LogP contribution is 2.25. The van der Waals surface area contributed by atoms with Gasteiger partial charge in [-0.05, 0) is 30.5 Å². The first-order chi connectivity index (χ1) is 11.2. The zero-order valence-electron chi connectivity index (χ0n) is 12.3. The molecule has 0 unspecified atom stereocenters. The number of methoxy groups -OCH3 is 1. The molecule has 0 radical (unpaired) electrons. The molecule has 1 aromatic carbocycles. The quantitative estimate of drug-likeness (QED) is 0.559. The number of carbonyl (C=O) groups is 1. The molecule has 118 valence electrons. The van der Waals surface area contributed by atoms with Crippen molar-refractivity contribution in [3.8, 4) is 17.1 Å². The Hall–Kier alpha value is -2.39. The number of thioether (sulfide) groups is 1. The van der Waals surface area contributed by atoms with Crippen LogP contribution in [0.3, 0.4) is 0 Å². The van der Waals surface area contributed by atoms with Crippen LogP contribution in [0.4, 0.5) is 5.13 Å². The molecule has 0 saturated heterocycles. The second-order valence-electron chi connectivity index (χ2n) is 4.34. The number of benzene rings is 1. The van der Waals surface area contributed by atoms with Crippen LogP contribution in [0.15, 0.2) is 39.2 Å². The van der Waals surface area contributed by atoms with E-state index in [9.17, 15) is 4.79 Å². The molecular formula is C14H12N4O3S2. The summed E-state index contributed by atoms with van der Waals surface area (Å²) in [6.45, 7) is 0.